The summed E-state index contributed by atoms with van der Waals surface area (Å²) < 4.78 is 0. The summed E-state index contributed by atoms with van der Waals surface area (Å²) >= 11 is 0. The summed E-state index contributed by atoms with van der Waals surface area (Å²) in [4.78, 5) is 11.6. The third kappa shape index (κ3) is 5.55. The van der Waals surface area contributed by atoms with E-state index >= 15 is 0 Å². The monoisotopic (exact) mass is 250 g/mol. The van der Waals surface area contributed by atoms with Gasteiger partial charge in [0.2, 0.25) is 5.91 Å². The van der Waals surface area contributed by atoms with Gasteiger partial charge in [-0.15, -0.1) is 6.42 Å². The Labute approximate surface area is 111 Å². The average molecular weight is 250 g/mol. The first-order chi connectivity index (χ1) is 8.63. The Morgan fingerprint density at radius 3 is 2.67 bits per heavy atom. The van der Waals surface area contributed by atoms with Gasteiger partial charge in [-0.25, -0.2) is 0 Å². The fraction of sp³-hybridized carbons (Fsp3) is 0.800. The zero-order valence-electron chi connectivity index (χ0n) is 11.7. The second-order valence-corrected chi connectivity index (χ2v) is 5.51. The van der Waals surface area contributed by atoms with E-state index < -0.39 is 0 Å². The Bertz CT molecular complexity index is 287. The third-order valence-electron chi connectivity index (χ3n) is 3.90. The maximum absolute atomic E-state index is 11.6. The van der Waals surface area contributed by atoms with Gasteiger partial charge in [0.15, 0.2) is 0 Å². The van der Waals surface area contributed by atoms with E-state index in [1.807, 2.05) is 6.92 Å². The zero-order valence-corrected chi connectivity index (χ0v) is 11.7. The van der Waals surface area contributed by atoms with E-state index in [0.717, 1.165) is 18.4 Å². The molecule has 1 amide bonds. The van der Waals surface area contributed by atoms with Gasteiger partial charge in [-0.05, 0) is 31.7 Å². The SMILES string of the molecule is C#CCNC(=O)C(C)NCCC1CCC(C)CC1. The van der Waals surface area contributed by atoms with E-state index in [2.05, 4.69) is 23.5 Å². The van der Waals surface area contributed by atoms with Crippen LogP contribution in [0.5, 0.6) is 0 Å². The van der Waals surface area contributed by atoms with E-state index in [0.29, 0.717) is 6.54 Å². The highest BCUT2D eigenvalue weighted by Crippen LogP contribution is 2.29. The van der Waals surface area contributed by atoms with Gasteiger partial charge in [0.1, 0.15) is 0 Å². The standard InChI is InChI=1S/C15H26N2O/c1-4-10-17-15(18)13(3)16-11-9-14-7-5-12(2)6-8-14/h1,12-14,16H,5-11H2,2-3H3,(H,17,18). The van der Waals surface area contributed by atoms with Crippen LogP contribution >= 0.6 is 0 Å². The van der Waals surface area contributed by atoms with E-state index in [9.17, 15) is 4.79 Å². The van der Waals surface area contributed by atoms with Crippen molar-refractivity contribution in [3.63, 3.8) is 0 Å². The molecule has 0 saturated heterocycles. The van der Waals surface area contributed by atoms with Gasteiger partial charge in [-0.1, -0.05) is 38.5 Å². The zero-order chi connectivity index (χ0) is 13.4. The summed E-state index contributed by atoms with van der Waals surface area (Å²) in [6.07, 6.45) is 11.7. The van der Waals surface area contributed by atoms with E-state index in [4.69, 9.17) is 6.42 Å². The highest BCUT2D eigenvalue weighted by Gasteiger charge is 2.18. The number of terminal acetylenes is 1. The van der Waals surface area contributed by atoms with Crippen LogP contribution in [0.1, 0.15) is 46.0 Å². The van der Waals surface area contributed by atoms with Crippen molar-refractivity contribution in [2.75, 3.05) is 13.1 Å². The van der Waals surface area contributed by atoms with Crippen molar-refractivity contribution in [1.29, 1.82) is 0 Å². The fourth-order valence-corrected chi connectivity index (χ4v) is 2.51. The molecule has 1 atom stereocenters. The van der Waals surface area contributed by atoms with Crippen molar-refractivity contribution in [1.82, 2.24) is 10.6 Å². The molecular weight excluding hydrogens is 224 g/mol. The summed E-state index contributed by atoms with van der Waals surface area (Å²) in [6.45, 7) is 5.45. The minimum Gasteiger partial charge on any atom is -0.344 e. The predicted octanol–water partition coefficient (Wildman–Crippen LogP) is 1.93. The van der Waals surface area contributed by atoms with Gasteiger partial charge < -0.3 is 10.6 Å². The number of rotatable bonds is 6. The van der Waals surface area contributed by atoms with Crippen LogP contribution in [0, 0.1) is 24.2 Å². The van der Waals surface area contributed by atoms with E-state index in [-0.39, 0.29) is 11.9 Å². The van der Waals surface area contributed by atoms with Gasteiger partial charge in [-0.3, -0.25) is 4.79 Å². The lowest BCUT2D eigenvalue weighted by atomic mass is 9.81. The molecule has 0 aromatic carbocycles. The van der Waals surface area contributed by atoms with Crippen molar-refractivity contribution >= 4 is 5.91 Å². The molecule has 3 nitrogen and oxygen atoms in total. The molecule has 0 bridgehead atoms. The number of carbonyl (C=O) groups excluding carboxylic acids is 1. The Hall–Kier alpha value is -1.01. The molecule has 0 spiro atoms. The minimum absolute atomic E-state index is 0.00906. The maximum atomic E-state index is 11.6. The number of nitrogens with one attached hydrogen (secondary N) is 2. The average Bonchev–Trinajstić information content (AvgIpc) is 2.38. The molecule has 102 valence electrons. The Balaban J connectivity index is 2.10. The summed E-state index contributed by atoms with van der Waals surface area (Å²) in [5, 5.41) is 5.96. The lowest BCUT2D eigenvalue weighted by Crippen LogP contribution is -2.42. The highest BCUT2D eigenvalue weighted by atomic mass is 16.2. The van der Waals surface area contributed by atoms with Crippen LogP contribution in [0.4, 0.5) is 0 Å². The largest absolute Gasteiger partial charge is 0.344 e. The normalized spacial score (nSPS) is 25.2. The van der Waals surface area contributed by atoms with Gasteiger partial charge >= 0.3 is 0 Å². The molecule has 3 heteroatoms. The summed E-state index contributed by atoms with van der Waals surface area (Å²) in [5.74, 6) is 4.14. The molecule has 2 N–H and O–H groups in total. The molecule has 0 radical (unpaired) electrons. The molecule has 1 aliphatic carbocycles. The Morgan fingerprint density at radius 2 is 2.06 bits per heavy atom. The quantitative estimate of drug-likeness (QED) is 0.707. The lowest BCUT2D eigenvalue weighted by molar-refractivity contribution is -0.122. The van der Waals surface area contributed by atoms with E-state index in [1.54, 1.807) is 0 Å². The minimum atomic E-state index is -0.152. The van der Waals surface area contributed by atoms with Gasteiger partial charge in [0.05, 0.1) is 12.6 Å². The molecular formula is C15H26N2O. The molecule has 1 unspecified atom stereocenters. The predicted molar refractivity (Wildman–Crippen MR) is 75.0 cm³/mol. The molecule has 0 heterocycles. The molecule has 0 aromatic rings. The first-order valence-electron chi connectivity index (χ1n) is 7.08. The molecule has 1 fully saturated rings. The van der Waals surface area contributed by atoms with Crippen LogP contribution < -0.4 is 10.6 Å². The number of carbonyl (C=O) groups is 1. The lowest BCUT2D eigenvalue weighted by Gasteiger charge is -2.26. The van der Waals surface area contributed by atoms with Crippen molar-refractivity contribution in [2.24, 2.45) is 11.8 Å². The number of amides is 1. The smallest absolute Gasteiger partial charge is 0.237 e. The van der Waals surface area contributed by atoms with Gasteiger partial charge in [-0.2, -0.15) is 0 Å². The van der Waals surface area contributed by atoms with Crippen LogP contribution in [-0.2, 0) is 4.79 Å². The summed E-state index contributed by atoms with van der Waals surface area (Å²) in [7, 11) is 0. The van der Waals surface area contributed by atoms with Crippen molar-refractivity contribution in [3.05, 3.63) is 0 Å². The molecule has 0 aliphatic heterocycles. The molecule has 0 aromatic heterocycles. The molecule has 1 aliphatic rings. The molecule has 1 saturated carbocycles. The van der Waals surface area contributed by atoms with Gasteiger partial charge in [0.25, 0.3) is 0 Å². The second kappa shape index (κ2) is 8.16. The first kappa shape index (κ1) is 15.0. The van der Waals surface area contributed by atoms with Crippen LogP contribution in [0.15, 0.2) is 0 Å². The van der Waals surface area contributed by atoms with Crippen molar-refractivity contribution in [3.8, 4) is 12.3 Å². The van der Waals surface area contributed by atoms with Crippen molar-refractivity contribution in [2.45, 2.75) is 52.0 Å². The second-order valence-electron chi connectivity index (χ2n) is 5.51. The third-order valence-corrected chi connectivity index (χ3v) is 3.90. The number of hydrogen-bond acceptors (Lipinski definition) is 2. The summed E-state index contributed by atoms with van der Waals surface area (Å²) in [5.41, 5.74) is 0. The number of hydrogen-bond donors (Lipinski definition) is 2. The Kier molecular flexibility index (Phi) is 6.82. The highest BCUT2D eigenvalue weighted by molar-refractivity contribution is 5.81. The summed E-state index contributed by atoms with van der Waals surface area (Å²) in [6, 6.07) is -0.152. The molecule has 1 rings (SSSR count). The Morgan fingerprint density at radius 1 is 1.39 bits per heavy atom. The van der Waals surface area contributed by atoms with Crippen LogP contribution in [0.2, 0.25) is 0 Å². The fourth-order valence-electron chi connectivity index (χ4n) is 2.51. The van der Waals surface area contributed by atoms with Crippen molar-refractivity contribution < 1.29 is 4.79 Å². The topological polar surface area (TPSA) is 41.1 Å². The molecule has 18 heavy (non-hydrogen) atoms. The van der Waals surface area contributed by atoms with Crippen LogP contribution in [0.3, 0.4) is 0 Å². The maximum Gasteiger partial charge on any atom is 0.237 e. The van der Waals surface area contributed by atoms with Crippen LogP contribution in [-0.4, -0.2) is 25.0 Å². The van der Waals surface area contributed by atoms with Crippen LogP contribution in [0.25, 0.3) is 0 Å². The van der Waals surface area contributed by atoms with E-state index in [1.165, 1.54) is 32.1 Å². The first-order valence-corrected chi connectivity index (χ1v) is 7.08. The van der Waals surface area contributed by atoms with Gasteiger partial charge in [0, 0.05) is 0 Å².